The minimum Gasteiger partial charge on any atom is -0.493 e. The van der Waals surface area contributed by atoms with E-state index in [9.17, 15) is 9.59 Å². The Morgan fingerprint density at radius 2 is 1.69 bits per heavy atom. The lowest BCUT2D eigenvalue weighted by Gasteiger charge is -2.08. The highest BCUT2D eigenvalue weighted by Gasteiger charge is 2.11. The zero-order valence-corrected chi connectivity index (χ0v) is 15.4. The molecular weight excluding hydrogens is 332 g/mol. The van der Waals surface area contributed by atoms with Crippen LogP contribution < -0.4 is 9.47 Å². The Hall–Kier alpha value is -3.08. The fraction of sp³-hybridized carbons (Fsp3) is 0.238. The summed E-state index contributed by atoms with van der Waals surface area (Å²) in [5.74, 6) is 0.358. The van der Waals surface area contributed by atoms with Crippen molar-refractivity contribution in [2.75, 3.05) is 20.8 Å². The molecule has 0 saturated heterocycles. The summed E-state index contributed by atoms with van der Waals surface area (Å²) in [7, 11) is 3.09. The number of ketones is 1. The topological polar surface area (TPSA) is 61.8 Å². The maximum absolute atomic E-state index is 12.2. The summed E-state index contributed by atoms with van der Waals surface area (Å²) in [5, 5.41) is 0. The number of esters is 1. The lowest BCUT2D eigenvalue weighted by Crippen LogP contribution is -2.13. The minimum atomic E-state index is -0.585. The third-order valence-corrected chi connectivity index (χ3v) is 3.86. The summed E-state index contributed by atoms with van der Waals surface area (Å²) in [6, 6.07) is 10.9. The molecule has 0 atom stereocenters. The highest BCUT2D eigenvalue weighted by Crippen LogP contribution is 2.27. The van der Waals surface area contributed by atoms with Gasteiger partial charge in [0.1, 0.15) is 0 Å². The van der Waals surface area contributed by atoms with Gasteiger partial charge >= 0.3 is 5.97 Å². The average Bonchev–Trinajstić information content (AvgIpc) is 2.65. The van der Waals surface area contributed by atoms with Crippen LogP contribution in [0.15, 0.2) is 42.5 Å². The van der Waals surface area contributed by atoms with Crippen molar-refractivity contribution < 1.29 is 23.8 Å². The number of carbonyl (C=O) groups excluding carboxylic acids is 2. The third-order valence-electron chi connectivity index (χ3n) is 3.86. The van der Waals surface area contributed by atoms with Gasteiger partial charge in [0.05, 0.1) is 14.2 Å². The molecule has 0 unspecified atom stereocenters. The largest absolute Gasteiger partial charge is 0.493 e. The van der Waals surface area contributed by atoms with Crippen LogP contribution in [0.5, 0.6) is 11.5 Å². The molecule has 2 aromatic rings. The van der Waals surface area contributed by atoms with Gasteiger partial charge in [-0.15, -0.1) is 0 Å². The van der Waals surface area contributed by atoms with Gasteiger partial charge in [-0.2, -0.15) is 0 Å². The van der Waals surface area contributed by atoms with Crippen molar-refractivity contribution in [3.8, 4) is 11.5 Å². The standard InChI is InChI=1S/C21H22O5/c1-14-5-6-15(2)17(11-14)18(22)13-26-21(23)10-8-16-7-9-19(24-3)20(12-16)25-4/h5-12H,13H2,1-4H3/b10-8+. The number of carbonyl (C=O) groups is 2. The molecule has 0 saturated carbocycles. The smallest absolute Gasteiger partial charge is 0.331 e. The lowest BCUT2D eigenvalue weighted by molar-refractivity contribution is -0.136. The molecule has 0 aliphatic heterocycles. The van der Waals surface area contributed by atoms with Gasteiger partial charge in [0.15, 0.2) is 18.1 Å². The van der Waals surface area contributed by atoms with Crippen molar-refractivity contribution in [2.24, 2.45) is 0 Å². The van der Waals surface area contributed by atoms with Gasteiger partial charge in [-0.1, -0.05) is 23.8 Å². The second-order valence-corrected chi connectivity index (χ2v) is 5.80. The van der Waals surface area contributed by atoms with E-state index in [0.29, 0.717) is 17.1 Å². The number of rotatable bonds is 7. The van der Waals surface area contributed by atoms with Crippen molar-refractivity contribution in [2.45, 2.75) is 13.8 Å². The van der Waals surface area contributed by atoms with Crippen LogP contribution in [0.3, 0.4) is 0 Å². The Kier molecular flexibility index (Phi) is 6.55. The Bertz CT molecular complexity index is 836. The van der Waals surface area contributed by atoms with Gasteiger partial charge in [0.25, 0.3) is 0 Å². The van der Waals surface area contributed by atoms with Crippen molar-refractivity contribution in [3.05, 3.63) is 64.7 Å². The van der Waals surface area contributed by atoms with E-state index in [1.165, 1.54) is 6.08 Å². The molecule has 5 nitrogen and oxygen atoms in total. The van der Waals surface area contributed by atoms with Gasteiger partial charge in [-0.05, 0) is 49.2 Å². The SMILES string of the molecule is COc1ccc(/C=C/C(=O)OCC(=O)c2cc(C)ccc2C)cc1OC. The van der Waals surface area contributed by atoms with E-state index < -0.39 is 5.97 Å². The molecule has 0 amide bonds. The van der Waals surface area contributed by atoms with Crippen molar-refractivity contribution in [3.63, 3.8) is 0 Å². The van der Waals surface area contributed by atoms with Crippen molar-refractivity contribution >= 4 is 17.8 Å². The van der Waals surface area contributed by atoms with Crippen LogP contribution in [0.4, 0.5) is 0 Å². The molecule has 0 spiro atoms. The predicted octanol–water partition coefficient (Wildman–Crippen LogP) is 3.76. The Labute approximate surface area is 153 Å². The van der Waals surface area contributed by atoms with E-state index in [1.807, 2.05) is 26.0 Å². The molecule has 0 N–H and O–H groups in total. The number of methoxy groups -OCH3 is 2. The Balaban J connectivity index is 1.97. The second kappa shape index (κ2) is 8.85. The zero-order chi connectivity index (χ0) is 19.1. The number of Topliss-reactive ketones (excluding diaryl/α,β-unsaturated/α-hetero) is 1. The Morgan fingerprint density at radius 3 is 2.38 bits per heavy atom. The molecule has 136 valence electrons. The van der Waals surface area contributed by atoms with E-state index in [1.54, 1.807) is 44.6 Å². The number of aryl methyl sites for hydroxylation is 2. The quantitative estimate of drug-likeness (QED) is 0.430. The lowest BCUT2D eigenvalue weighted by atomic mass is 10.0. The van der Waals surface area contributed by atoms with Crippen LogP contribution in [0.2, 0.25) is 0 Å². The van der Waals surface area contributed by atoms with E-state index in [4.69, 9.17) is 14.2 Å². The molecule has 26 heavy (non-hydrogen) atoms. The fourth-order valence-electron chi connectivity index (χ4n) is 2.42. The first-order chi connectivity index (χ1) is 12.4. The van der Waals surface area contributed by atoms with Gasteiger partial charge in [-0.25, -0.2) is 4.79 Å². The first-order valence-corrected chi connectivity index (χ1v) is 8.12. The first-order valence-electron chi connectivity index (χ1n) is 8.12. The monoisotopic (exact) mass is 354 g/mol. The number of hydrogen-bond acceptors (Lipinski definition) is 5. The summed E-state index contributed by atoms with van der Waals surface area (Å²) in [6.45, 7) is 3.47. The molecule has 0 heterocycles. The van der Waals surface area contributed by atoms with Crippen LogP contribution >= 0.6 is 0 Å². The molecule has 0 radical (unpaired) electrons. The zero-order valence-electron chi connectivity index (χ0n) is 15.4. The minimum absolute atomic E-state index is 0.223. The van der Waals surface area contributed by atoms with Crippen molar-refractivity contribution in [1.29, 1.82) is 0 Å². The van der Waals surface area contributed by atoms with Crippen LogP contribution in [0.1, 0.15) is 27.0 Å². The maximum Gasteiger partial charge on any atom is 0.331 e. The number of benzene rings is 2. The third kappa shape index (κ3) is 4.96. The van der Waals surface area contributed by atoms with E-state index in [0.717, 1.165) is 16.7 Å². The molecule has 2 aromatic carbocycles. The molecule has 0 bridgehead atoms. The summed E-state index contributed by atoms with van der Waals surface area (Å²) >= 11 is 0. The fourth-order valence-corrected chi connectivity index (χ4v) is 2.42. The molecule has 5 heteroatoms. The molecule has 0 aromatic heterocycles. The van der Waals surface area contributed by atoms with Crippen molar-refractivity contribution in [1.82, 2.24) is 0 Å². The van der Waals surface area contributed by atoms with Gasteiger partial charge < -0.3 is 14.2 Å². The van der Waals surface area contributed by atoms with Crippen LogP contribution in [-0.2, 0) is 9.53 Å². The Morgan fingerprint density at radius 1 is 0.962 bits per heavy atom. The molecule has 0 fully saturated rings. The van der Waals surface area contributed by atoms with Gasteiger partial charge in [0.2, 0.25) is 5.78 Å². The summed E-state index contributed by atoms with van der Waals surface area (Å²) in [5.41, 5.74) is 3.17. The normalized spacial score (nSPS) is 10.6. The molecule has 0 aliphatic carbocycles. The van der Waals surface area contributed by atoms with E-state index >= 15 is 0 Å². The molecular formula is C21H22O5. The van der Waals surface area contributed by atoms with Crippen LogP contribution in [-0.4, -0.2) is 32.6 Å². The average molecular weight is 354 g/mol. The summed E-state index contributed by atoms with van der Waals surface area (Å²) in [6.07, 6.45) is 2.87. The second-order valence-electron chi connectivity index (χ2n) is 5.80. The van der Waals surface area contributed by atoms with E-state index in [2.05, 4.69) is 0 Å². The highest BCUT2D eigenvalue weighted by molar-refractivity contribution is 6.00. The number of ether oxygens (including phenoxy) is 3. The first kappa shape index (κ1) is 19.2. The van der Waals surface area contributed by atoms with Crippen LogP contribution in [0, 0.1) is 13.8 Å². The number of hydrogen-bond donors (Lipinski definition) is 0. The maximum atomic E-state index is 12.2. The molecule has 0 aliphatic rings. The summed E-state index contributed by atoms with van der Waals surface area (Å²) < 4.78 is 15.4. The van der Waals surface area contributed by atoms with Crippen LogP contribution in [0.25, 0.3) is 6.08 Å². The predicted molar refractivity (Wildman–Crippen MR) is 99.8 cm³/mol. The molecule has 2 rings (SSSR count). The van der Waals surface area contributed by atoms with Gasteiger partial charge in [-0.3, -0.25) is 4.79 Å². The highest BCUT2D eigenvalue weighted by atomic mass is 16.5. The van der Waals surface area contributed by atoms with E-state index in [-0.39, 0.29) is 12.4 Å². The summed E-state index contributed by atoms with van der Waals surface area (Å²) in [4.78, 5) is 24.1. The van der Waals surface area contributed by atoms with Gasteiger partial charge in [0, 0.05) is 11.6 Å².